The number of nitrogens with one attached hydrogen (secondary N) is 2. The lowest BCUT2D eigenvalue weighted by Gasteiger charge is -2.07. The van der Waals surface area contributed by atoms with Crippen molar-refractivity contribution in [2.45, 2.75) is 6.54 Å². The summed E-state index contributed by atoms with van der Waals surface area (Å²) in [5, 5.41) is 14.9. The SMILES string of the molecule is Nc1cc2cn[nH]c2cc1NCc1ccon1. The lowest BCUT2D eigenvalue weighted by Crippen LogP contribution is -2.02. The zero-order valence-corrected chi connectivity index (χ0v) is 8.97. The van der Waals surface area contributed by atoms with Crippen LogP contribution >= 0.6 is 0 Å². The number of aromatic amines is 1. The second-order valence-corrected chi connectivity index (χ2v) is 3.74. The number of benzene rings is 1. The van der Waals surface area contributed by atoms with Crippen LogP contribution in [0.1, 0.15) is 5.69 Å². The molecular formula is C11H11N5O. The first-order valence-corrected chi connectivity index (χ1v) is 5.18. The molecule has 0 bridgehead atoms. The number of aromatic nitrogens is 3. The van der Waals surface area contributed by atoms with E-state index in [0.29, 0.717) is 12.2 Å². The summed E-state index contributed by atoms with van der Waals surface area (Å²) < 4.78 is 4.75. The summed E-state index contributed by atoms with van der Waals surface area (Å²) in [6, 6.07) is 5.61. The van der Waals surface area contributed by atoms with Crippen molar-refractivity contribution in [3.63, 3.8) is 0 Å². The second-order valence-electron chi connectivity index (χ2n) is 3.74. The van der Waals surface area contributed by atoms with E-state index in [1.807, 2.05) is 12.1 Å². The smallest absolute Gasteiger partial charge is 0.124 e. The van der Waals surface area contributed by atoms with E-state index in [4.69, 9.17) is 10.3 Å². The molecule has 86 valence electrons. The molecule has 0 spiro atoms. The van der Waals surface area contributed by atoms with Gasteiger partial charge in [-0.3, -0.25) is 5.10 Å². The Kier molecular flexibility index (Phi) is 2.18. The van der Waals surface area contributed by atoms with Gasteiger partial charge in [0.15, 0.2) is 0 Å². The molecule has 2 heterocycles. The molecule has 0 aliphatic heterocycles. The highest BCUT2D eigenvalue weighted by Crippen LogP contribution is 2.24. The molecule has 1 aromatic carbocycles. The minimum Gasteiger partial charge on any atom is -0.397 e. The van der Waals surface area contributed by atoms with Gasteiger partial charge in [-0.2, -0.15) is 5.10 Å². The third-order valence-corrected chi connectivity index (χ3v) is 2.56. The highest BCUT2D eigenvalue weighted by Gasteiger charge is 2.04. The van der Waals surface area contributed by atoms with Gasteiger partial charge in [0.25, 0.3) is 0 Å². The van der Waals surface area contributed by atoms with Crippen LogP contribution < -0.4 is 11.1 Å². The topological polar surface area (TPSA) is 92.8 Å². The summed E-state index contributed by atoms with van der Waals surface area (Å²) in [6.45, 7) is 0.570. The van der Waals surface area contributed by atoms with E-state index in [1.165, 1.54) is 0 Å². The third-order valence-electron chi connectivity index (χ3n) is 2.56. The van der Waals surface area contributed by atoms with E-state index in [2.05, 4.69) is 20.7 Å². The summed E-state index contributed by atoms with van der Waals surface area (Å²) in [5.74, 6) is 0. The van der Waals surface area contributed by atoms with Crippen LogP contribution in [0.25, 0.3) is 10.9 Å². The molecule has 0 atom stereocenters. The fraction of sp³-hybridized carbons (Fsp3) is 0.0909. The monoisotopic (exact) mass is 229 g/mol. The largest absolute Gasteiger partial charge is 0.397 e. The molecule has 6 nitrogen and oxygen atoms in total. The molecule has 0 amide bonds. The normalized spacial score (nSPS) is 10.8. The van der Waals surface area contributed by atoms with Crippen molar-refractivity contribution >= 4 is 22.3 Å². The predicted molar refractivity (Wildman–Crippen MR) is 64.3 cm³/mol. The molecule has 2 aromatic heterocycles. The number of nitrogen functional groups attached to an aromatic ring is 1. The average molecular weight is 229 g/mol. The van der Waals surface area contributed by atoms with Gasteiger partial charge < -0.3 is 15.6 Å². The lowest BCUT2D eigenvalue weighted by atomic mass is 10.2. The molecule has 0 unspecified atom stereocenters. The first-order valence-electron chi connectivity index (χ1n) is 5.18. The van der Waals surface area contributed by atoms with Crippen LogP contribution in [-0.2, 0) is 6.54 Å². The van der Waals surface area contributed by atoms with Crippen molar-refractivity contribution < 1.29 is 4.52 Å². The van der Waals surface area contributed by atoms with Gasteiger partial charge in [0, 0.05) is 11.5 Å². The van der Waals surface area contributed by atoms with Crippen molar-refractivity contribution in [2.24, 2.45) is 0 Å². The Morgan fingerprint density at radius 1 is 1.41 bits per heavy atom. The number of hydrogen-bond donors (Lipinski definition) is 3. The summed E-state index contributed by atoms with van der Waals surface area (Å²) in [7, 11) is 0. The van der Waals surface area contributed by atoms with Crippen LogP contribution in [0.2, 0.25) is 0 Å². The molecule has 0 fully saturated rings. The van der Waals surface area contributed by atoms with Crippen molar-refractivity contribution in [3.8, 4) is 0 Å². The fourth-order valence-corrected chi connectivity index (χ4v) is 1.68. The summed E-state index contributed by atoms with van der Waals surface area (Å²) in [4.78, 5) is 0. The molecule has 0 saturated heterocycles. The molecule has 0 saturated carbocycles. The summed E-state index contributed by atoms with van der Waals surface area (Å²) in [5.41, 5.74) is 9.25. The van der Waals surface area contributed by atoms with Gasteiger partial charge in [0.05, 0.1) is 29.6 Å². The van der Waals surface area contributed by atoms with Gasteiger partial charge in [-0.05, 0) is 12.1 Å². The molecule has 0 radical (unpaired) electrons. The molecular weight excluding hydrogens is 218 g/mol. The minimum absolute atomic E-state index is 0.570. The number of anilines is 2. The molecule has 0 aliphatic rings. The van der Waals surface area contributed by atoms with Gasteiger partial charge in [0.1, 0.15) is 12.0 Å². The zero-order valence-electron chi connectivity index (χ0n) is 8.97. The maximum Gasteiger partial charge on any atom is 0.124 e. The highest BCUT2D eigenvalue weighted by molar-refractivity contribution is 5.88. The Labute approximate surface area is 96.8 Å². The van der Waals surface area contributed by atoms with Crippen LogP contribution in [-0.4, -0.2) is 15.4 Å². The Bertz CT molecular complexity index is 628. The summed E-state index contributed by atoms with van der Waals surface area (Å²) >= 11 is 0. The number of rotatable bonds is 3. The van der Waals surface area contributed by atoms with Crippen LogP contribution in [0.15, 0.2) is 35.2 Å². The molecule has 17 heavy (non-hydrogen) atoms. The average Bonchev–Trinajstić information content (AvgIpc) is 2.95. The van der Waals surface area contributed by atoms with Crippen molar-refractivity contribution in [3.05, 3.63) is 36.4 Å². The van der Waals surface area contributed by atoms with Gasteiger partial charge in [-0.15, -0.1) is 0 Å². The second kappa shape index (κ2) is 3.82. The van der Waals surface area contributed by atoms with Gasteiger partial charge in [-0.25, -0.2) is 0 Å². The van der Waals surface area contributed by atoms with E-state index >= 15 is 0 Å². The Morgan fingerprint density at radius 3 is 3.18 bits per heavy atom. The van der Waals surface area contributed by atoms with E-state index in [9.17, 15) is 0 Å². The van der Waals surface area contributed by atoms with Crippen LogP contribution in [0.5, 0.6) is 0 Å². The van der Waals surface area contributed by atoms with Gasteiger partial charge in [-0.1, -0.05) is 5.16 Å². The van der Waals surface area contributed by atoms with Crippen LogP contribution in [0.3, 0.4) is 0 Å². The van der Waals surface area contributed by atoms with Crippen molar-refractivity contribution in [1.29, 1.82) is 0 Å². The first kappa shape index (κ1) is 9.71. The molecule has 0 aliphatic carbocycles. The van der Waals surface area contributed by atoms with Crippen molar-refractivity contribution in [2.75, 3.05) is 11.1 Å². The lowest BCUT2D eigenvalue weighted by molar-refractivity contribution is 0.412. The summed E-state index contributed by atoms with van der Waals surface area (Å²) in [6.07, 6.45) is 3.28. The molecule has 4 N–H and O–H groups in total. The number of hydrogen-bond acceptors (Lipinski definition) is 5. The molecule has 3 aromatic rings. The van der Waals surface area contributed by atoms with Crippen molar-refractivity contribution in [1.82, 2.24) is 15.4 Å². The standard InChI is InChI=1S/C11H11N5O/c12-9-3-7-5-14-15-10(7)4-11(9)13-6-8-1-2-17-16-8/h1-5,13H,6,12H2,(H,14,15). The molecule has 3 rings (SSSR count). The van der Waals surface area contributed by atoms with Crippen LogP contribution in [0, 0.1) is 0 Å². The third kappa shape index (κ3) is 1.80. The minimum atomic E-state index is 0.570. The van der Waals surface area contributed by atoms with E-state index in [-0.39, 0.29) is 0 Å². The van der Waals surface area contributed by atoms with Gasteiger partial charge in [0.2, 0.25) is 0 Å². The Balaban J connectivity index is 1.86. The van der Waals surface area contributed by atoms with Gasteiger partial charge >= 0.3 is 0 Å². The van der Waals surface area contributed by atoms with E-state index in [0.717, 1.165) is 22.3 Å². The number of nitrogens with zero attached hydrogens (tertiary/aromatic N) is 2. The zero-order chi connectivity index (χ0) is 11.7. The Morgan fingerprint density at radius 2 is 2.35 bits per heavy atom. The van der Waals surface area contributed by atoms with Crippen LogP contribution in [0.4, 0.5) is 11.4 Å². The maximum absolute atomic E-state index is 5.94. The predicted octanol–water partition coefficient (Wildman–Crippen LogP) is 1.75. The molecule has 6 heteroatoms. The highest BCUT2D eigenvalue weighted by atomic mass is 16.5. The maximum atomic E-state index is 5.94. The quantitative estimate of drug-likeness (QED) is 0.595. The van der Waals surface area contributed by atoms with E-state index < -0.39 is 0 Å². The first-order chi connectivity index (χ1) is 8.33. The van der Waals surface area contributed by atoms with E-state index in [1.54, 1.807) is 18.5 Å². The number of H-pyrrole nitrogens is 1. The number of nitrogens with two attached hydrogens (primary N) is 1. The fourth-order valence-electron chi connectivity index (χ4n) is 1.68. The number of fused-ring (bicyclic) bond motifs is 1. The Hall–Kier alpha value is -2.50.